The molecule has 0 aromatic rings. The Morgan fingerprint density at radius 1 is 1.12 bits per heavy atom. The summed E-state index contributed by atoms with van der Waals surface area (Å²) in [6, 6.07) is 0. The third kappa shape index (κ3) is 3.62. The van der Waals surface area contributed by atoms with Crippen molar-refractivity contribution in [3.63, 3.8) is 0 Å². The van der Waals surface area contributed by atoms with Gasteiger partial charge in [-0.25, -0.2) is 0 Å². The number of ketones is 1. The Balaban J connectivity index is 2.74. The van der Waals surface area contributed by atoms with Crippen LogP contribution >= 0.6 is 0 Å². The van der Waals surface area contributed by atoms with Gasteiger partial charge in [0.25, 0.3) is 0 Å². The molecule has 0 aromatic carbocycles. The third-order valence-electron chi connectivity index (χ3n) is 3.72. The first-order valence-electron chi connectivity index (χ1n) is 6.40. The smallest absolute Gasteiger partial charge is 0.139 e. The van der Waals surface area contributed by atoms with Gasteiger partial charge in [-0.3, -0.25) is 4.79 Å². The van der Waals surface area contributed by atoms with Crippen LogP contribution in [0.15, 0.2) is 24.3 Å². The van der Waals surface area contributed by atoms with E-state index in [1.54, 1.807) is 0 Å². The number of Topliss-reactive ketones (excluding diaryl/α,β-unsaturated/α-hetero) is 1. The van der Waals surface area contributed by atoms with Crippen molar-refractivity contribution >= 4 is 5.78 Å². The first-order chi connectivity index (χ1) is 7.55. The summed E-state index contributed by atoms with van der Waals surface area (Å²) in [5.41, 5.74) is -0.209. The van der Waals surface area contributed by atoms with Crippen molar-refractivity contribution in [1.82, 2.24) is 0 Å². The highest BCUT2D eigenvalue weighted by Gasteiger charge is 2.31. The molecule has 0 aliphatic heterocycles. The Bertz CT molecular complexity index is 284. The Morgan fingerprint density at radius 2 is 1.75 bits per heavy atom. The van der Waals surface area contributed by atoms with Crippen molar-refractivity contribution in [3.8, 4) is 0 Å². The van der Waals surface area contributed by atoms with E-state index in [4.69, 9.17) is 0 Å². The molecule has 16 heavy (non-hydrogen) atoms. The fourth-order valence-corrected chi connectivity index (χ4v) is 1.93. The average Bonchev–Trinajstić information content (AvgIpc) is 2.24. The molecule has 1 aliphatic carbocycles. The molecule has 0 saturated heterocycles. The zero-order valence-corrected chi connectivity index (χ0v) is 10.8. The minimum absolute atomic E-state index is 0.209. The molecule has 1 atom stereocenters. The first kappa shape index (κ1) is 13.2. The highest BCUT2D eigenvalue weighted by molar-refractivity contribution is 5.84. The van der Waals surface area contributed by atoms with E-state index in [1.807, 2.05) is 0 Å². The zero-order valence-electron chi connectivity index (χ0n) is 10.8. The molecule has 1 nitrogen and oxygen atoms in total. The lowest BCUT2D eigenvalue weighted by Crippen LogP contribution is -2.30. The fraction of sp³-hybridized carbons (Fsp3) is 0.667. The van der Waals surface area contributed by atoms with Gasteiger partial charge in [-0.15, -0.1) is 0 Å². The van der Waals surface area contributed by atoms with E-state index < -0.39 is 0 Å². The molecular formula is C15H24O. The molecule has 90 valence electrons. The summed E-state index contributed by atoms with van der Waals surface area (Å²) in [6.45, 7) is 6.30. The lowest BCUT2D eigenvalue weighted by molar-refractivity contribution is -0.128. The molecule has 0 amide bonds. The summed E-state index contributed by atoms with van der Waals surface area (Å²) >= 11 is 0. The van der Waals surface area contributed by atoms with Crippen molar-refractivity contribution in [2.45, 2.75) is 52.9 Å². The van der Waals surface area contributed by atoms with Crippen LogP contribution in [0.3, 0.4) is 0 Å². The van der Waals surface area contributed by atoms with Crippen LogP contribution in [-0.4, -0.2) is 5.78 Å². The summed E-state index contributed by atoms with van der Waals surface area (Å²) in [6.07, 6.45) is 13.8. The van der Waals surface area contributed by atoms with Crippen LogP contribution in [-0.2, 0) is 4.79 Å². The van der Waals surface area contributed by atoms with Gasteiger partial charge in [0, 0.05) is 11.8 Å². The van der Waals surface area contributed by atoms with Gasteiger partial charge < -0.3 is 0 Å². The van der Waals surface area contributed by atoms with E-state index in [-0.39, 0.29) is 5.41 Å². The molecule has 1 heteroatoms. The average molecular weight is 220 g/mol. The SMILES string of the molecule is CC1/C=C\CC/C=C\CCCC(=O)C1(C)C. The predicted octanol–water partition coefficient (Wildman–Crippen LogP) is 4.29. The summed E-state index contributed by atoms with van der Waals surface area (Å²) in [7, 11) is 0. The third-order valence-corrected chi connectivity index (χ3v) is 3.72. The Kier molecular flexibility index (Phi) is 4.98. The maximum Gasteiger partial charge on any atom is 0.139 e. The normalized spacial score (nSPS) is 31.2. The zero-order chi connectivity index (χ0) is 12.0. The number of allylic oxidation sites excluding steroid dienone is 4. The Labute approximate surface area is 99.6 Å². The van der Waals surface area contributed by atoms with Gasteiger partial charge in [0.05, 0.1) is 0 Å². The molecule has 0 N–H and O–H groups in total. The molecule has 1 unspecified atom stereocenters. The lowest BCUT2D eigenvalue weighted by atomic mass is 9.74. The highest BCUT2D eigenvalue weighted by atomic mass is 16.1. The fourth-order valence-electron chi connectivity index (χ4n) is 1.93. The molecule has 1 rings (SSSR count). The van der Waals surface area contributed by atoms with E-state index in [9.17, 15) is 4.79 Å². The predicted molar refractivity (Wildman–Crippen MR) is 69.3 cm³/mol. The van der Waals surface area contributed by atoms with Crippen LogP contribution in [0, 0.1) is 11.3 Å². The van der Waals surface area contributed by atoms with Gasteiger partial charge in [-0.05, 0) is 31.6 Å². The van der Waals surface area contributed by atoms with Crippen molar-refractivity contribution in [3.05, 3.63) is 24.3 Å². The van der Waals surface area contributed by atoms with E-state index in [0.29, 0.717) is 11.7 Å². The molecule has 0 aromatic heterocycles. The number of carbonyl (C=O) groups excluding carboxylic acids is 1. The number of carbonyl (C=O) groups is 1. The summed E-state index contributed by atoms with van der Waals surface area (Å²) < 4.78 is 0. The first-order valence-corrected chi connectivity index (χ1v) is 6.40. The standard InChI is InChI=1S/C15H24O/c1-13-11-9-7-5-4-6-8-10-12-14(16)15(13,2)3/h4,6,9,11,13H,5,7-8,10,12H2,1-3H3/b6-4-,11-9-. The van der Waals surface area contributed by atoms with Gasteiger partial charge in [-0.2, -0.15) is 0 Å². The quantitative estimate of drug-likeness (QED) is 0.556. The minimum Gasteiger partial charge on any atom is -0.299 e. The van der Waals surface area contributed by atoms with Gasteiger partial charge in [-0.1, -0.05) is 45.1 Å². The van der Waals surface area contributed by atoms with Gasteiger partial charge in [0.15, 0.2) is 0 Å². The summed E-state index contributed by atoms with van der Waals surface area (Å²) in [5, 5.41) is 0. The molecule has 1 aliphatic rings. The molecule has 0 heterocycles. The van der Waals surface area contributed by atoms with Crippen molar-refractivity contribution in [2.75, 3.05) is 0 Å². The molecule has 0 fully saturated rings. The molecular weight excluding hydrogens is 196 g/mol. The molecule has 0 bridgehead atoms. The Hall–Kier alpha value is -0.850. The highest BCUT2D eigenvalue weighted by Crippen LogP contribution is 2.31. The second kappa shape index (κ2) is 6.03. The maximum absolute atomic E-state index is 12.1. The van der Waals surface area contributed by atoms with E-state index in [1.165, 1.54) is 0 Å². The summed E-state index contributed by atoms with van der Waals surface area (Å²) in [5.74, 6) is 0.738. The van der Waals surface area contributed by atoms with E-state index in [0.717, 1.165) is 32.1 Å². The Morgan fingerprint density at radius 3 is 2.50 bits per heavy atom. The van der Waals surface area contributed by atoms with Crippen molar-refractivity contribution in [1.29, 1.82) is 0 Å². The number of hydrogen-bond donors (Lipinski definition) is 0. The van der Waals surface area contributed by atoms with Gasteiger partial charge >= 0.3 is 0 Å². The van der Waals surface area contributed by atoms with Gasteiger partial charge in [0.2, 0.25) is 0 Å². The topological polar surface area (TPSA) is 17.1 Å². The largest absolute Gasteiger partial charge is 0.299 e. The van der Waals surface area contributed by atoms with Crippen molar-refractivity contribution in [2.24, 2.45) is 11.3 Å². The van der Waals surface area contributed by atoms with Crippen LogP contribution in [0.1, 0.15) is 52.9 Å². The maximum atomic E-state index is 12.1. The summed E-state index contributed by atoms with van der Waals surface area (Å²) in [4.78, 5) is 12.1. The number of hydrogen-bond acceptors (Lipinski definition) is 1. The van der Waals surface area contributed by atoms with Crippen LogP contribution < -0.4 is 0 Å². The minimum atomic E-state index is -0.209. The second-order valence-corrected chi connectivity index (χ2v) is 5.30. The van der Waals surface area contributed by atoms with E-state index >= 15 is 0 Å². The lowest BCUT2D eigenvalue weighted by Gasteiger charge is -2.28. The van der Waals surface area contributed by atoms with Crippen LogP contribution in [0.5, 0.6) is 0 Å². The molecule has 0 saturated carbocycles. The molecule has 0 radical (unpaired) electrons. The monoisotopic (exact) mass is 220 g/mol. The number of rotatable bonds is 0. The van der Waals surface area contributed by atoms with Crippen LogP contribution in [0.2, 0.25) is 0 Å². The van der Waals surface area contributed by atoms with Crippen molar-refractivity contribution < 1.29 is 4.79 Å². The van der Waals surface area contributed by atoms with Crippen LogP contribution in [0.4, 0.5) is 0 Å². The molecule has 0 spiro atoms. The second-order valence-electron chi connectivity index (χ2n) is 5.30. The van der Waals surface area contributed by atoms with Crippen LogP contribution in [0.25, 0.3) is 0 Å². The van der Waals surface area contributed by atoms with E-state index in [2.05, 4.69) is 45.1 Å². The van der Waals surface area contributed by atoms with Gasteiger partial charge in [0.1, 0.15) is 5.78 Å².